The third kappa shape index (κ3) is 3.83. The molecular formula is C9H12ClN3O2. The molecule has 15 heavy (non-hydrogen) atoms. The van der Waals surface area contributed by atoms with Crippen LogP contribution < -0.4 is 11.1 Å². The van der Waals surface area contributed by atoms with Crippen LogP contribution in [0.5, 0.6) is 0 Å². The fourth-order valence-electron chi connectivity index (χ4n) is 0.992. The molecule has 0 aliphatic heterocycles. The Hall–Kier alpha value is -1.17. The van der Waals surface area contributed by atoms with Gasteiger partial charge in [0.05, 0.1) is 5.02 Å². The first kappa shape index (κ1) is 11.9. The third-order valence-electron chi connectivity index (χ3n) is 1.84. The van der Waals surface area contributed by atoms with Crippen molar-refractivity contribution in [3.8, 4) is 0 Å². The molecule has 1 amide bonds. The van der Waals surface area contributed by atoms with Crippen molar-refractivity contribution in [2.24, 2.45) is 5.73 Å². The molecule has 0 saturated heterocycles. The molecular weight excluding hydrogens is 218 g/mol. The van der Waals surface area contributed by atoms with E-state index in [9.17, 15) is 4.79 Å². The van der Waals surface area contributed by atoms with Crippen LogP contribution in [-0.4, -0.2) is 28.6 Å². The Morgan fingerprint density at radius 1 is 1.73 bits per heavy atom. The van der Waals surface area contributed by atoms with E-state index in [1.54, 1.807) is 12.3 Å². The van der Waals surface area contributed by atoms with E-state index in [-0.39, 0.29) is 6.54 Å². The summed E-state index contributed by atoms with van der Waals surface area (Å²) in [4.78, 5) is 14.3. The second-order valence-electron chi connectivity index (χ2n) is 3.02. The van der Waals surface area contributed by atoms with Gasteiger partial charge in [-0.05, 0) is 11.6 Å². The van der Waals surface area contributed by atoms with Crippen molar-refractivity contribution in [3.63, 3.8) is 0 Å². The van der Waals surface area contributed by atoms with Gasteiger partial charge in [-0.3, -0.25) is 9.78 Å². The Bertz CT molecular complexity index is 346. The summed E-state index contributed by atoms with van der Waals surface area (Å²) in [5.41, 5.74) is 5.73. The minimum absolute atomic E-state index is 0.105. The van der Waals surface area contributed by atoms with Crippen molar-refractivity contribution in [3.05, 3.63) is 29.0 Å². The lowest BCUT2D eigenvalue weighted by Crippen LogP contribution is -2.37. The number of primary amides is 1. The number of aliphatic hydroxyl groups excluding tert-OH is 1. The van der Waals surface area contributed by atoms with Gasteiger partial charge in [0.25, 0.3) is 0 Å². The number of carbonyl (C=O) groups is 1. The average molecular weight is 230 g/mol. The highest BCUT2D eigenvalue weighted by Gasteiger charge is 2.09. The second kappa shape index (κ2) is 5.65. The summed E-state index contributed by atoms with van der Waals surface area (Å²) in [5.74, 6) is -0.747. The lowest BCUT2D eigenvalue weighted by Gasteiger charge is -2.08. The Kier molecular flexibility index (Phi) is 4.48. The lowest BCUT2D eigenvalue weighted by atomic mass is 10.2. The molecule has 1 heterocycles. The number of nitrogens with two attached hydrogens (primary N) is 1. The molecule has 5 nitrogen and oxygen atoms in total. The van der Waals surface area contributed by atoms with E-state index >= 15 is 0 Å². The predicted octanol–water partition coefficient (Wildman–Crippen LogP) is -0.329. The fourth-order valence-corrected chi connectivity index (χ4v) is 1.18. The largest absolute Gasteiger partial charge is 0.382 e. The molecule has 0 saturated carbocycles. The molecule has 0 fully saturated rings. The van der Waals surface area contributed by atoms with Gasteiger partial charge in [0.2, 0.25) is 5.91 Å². The van der Waals surface area contributed by atoms with Crippen LogP contribution in [0.3, 0.4) is 0 Å². The molecule has 0 aromatic carbocycles. The number of aromatic nitrogens is 1. The zero-order chi connectivity index (χ0) is 11.3. The summed E-state index contributed by atoms with van der Waals surface area (Å²) in [6, 6.07) is 1.76. The quantitative estimate of drug-likeness (QED) is 0.645. The number of nitrogens with one attached hydrogen (secondary N) is 1. The van der Waals surface area contributed by atoms with E-state index in [1.807, 2.05) is 0 Å². The molecule has 82 valence electrons. The molecule has 0 spiro atoms. The molecule has 6 heteroatoms. The van der Waals surface area contributed by atoms with E-state index in [0.29, 0.717) is 11.6 Å². The van der Waals surface area contributed by atoms with Gasteiger partial charge in [-0.25, -0.2) is 0 Å². The first-order chi connectivity index (χ1) is 7.11. The van der Waals surface area contributed by atoms with Crippen molar-refractivity contribution in [1.29, 1.82) is 0 Å². The van der Waals surface area contributed by atoms with Crippen LogP contribution in [0, 0.1) is 0 Å². The van der Waals surface area contributed by atoms with Gasteiger partial charge >= 0.3 is 0 Å². The van der Waals surface area contributed by atoms with Crippen LogP contribution in [0.25, 0.3) is 0 Å². The van der Waals surface area contributed by atoms with Gasteiger partial charge in [-0.2, -0.15) is 0 Å². The van der Waals surface area contributed by atoms with Crippen LogP contribution in [0.2, 0.25) is 5.02 Å². The summed E-state index contributed by atoms with van der Waals surface area (Å²) in [5, 5.41) is 12.5. The Balaban J connectivity index is 2.38. The minimum atomic E-state index is -1.18. The maximum Gasteiger partial charge on any atom is 0.247 e. The number of pyridine rings is 1. The molecule has 0 aliphatic carbocycles. The number of aliphatic hydroxyl groups is 1. The van der Waals surface area contributed by atoms with Gasteiger partial charge in [-0.15, -0.1) is 0 Å². The van der Waals surface area contributed by atoms with E-state index in [2.05, 4.69) is 10.3 Å². The van der Waals surface area contributed by atoms with Crippen LogP contribution in [0.4, 0.5) is 0 Å². The van der Waals surface area contributed by atoms with Crippen molar-refractivity contribution >= 4 is 17.5 Å². The van der Waals surface area contributed by atoms with Gasteiger partial charge in [0.15, 0.2) is 0 Å². The highest BCUT2D eigenvalue weighted by molar-refractivity contribution is 6.31. The maximum absolute atomic E-state index is 10.5. The number of rotatable bonds is 5. The third-order valence-corrected chi connectivity index (χ3v) is 2.18. The molecule has 1 rings (SSSR count). The van der Waals surface area contributed by atoms with E-state index < -0.39 is 12.0 Å². The standard InChI is InChI=1S/C9H12ClN3O2/c10-7-4-12-2-1-6(7)3-13-5-8(14)9(11)15/h1-2,4,8,13-14H,3,5H2,(H2,11,15). The Labute approximate surface area is 92.3 Å². The Morgan fingerprint density at radius 2 is 2.47 bits per heavy atom. The Morgan fingerprint density at radius 3 is 3.07 bits per heavy atom. The smallest absolute Gasteiger partial charge is 0.247 e. The summed E-state index contributed by atoms with van der Waals surface area (Å²) < 4.78 is 0. The van der Waals surface area contributed by atoms with Crippen LogP contribution in [0.1, 0.15) is 5.56 Å². The molecule has 4 N–H and O–H groups in total. The summed E-state index contributed by atoms with van der Waals surface area (Å²) in [6.45, 7) is 0.555. The number of nitrogens with zero attached hydrogens (tertiary/aromatic N) is 1. The summed E-state index contributed by atoms with van der Waals surface area (Å²) >= 11 is 5.85. The van der Waals surface area contributed by atoms with E-state index in [0.717, 1.165) is 5.56 Å². The summed E-state index contributed by atoms with van der Waals surface area (Å²) in [7, 11) is 0. The number of hydrogen-bond acceptors (Lipinski definition) is 4. The van der Waals surface area contributed by atoms with Crippen molar-refractivity contribution in [2.45, 2.75) is 12.6 Å². The lowest BCUT2D eigenvalue weighted by molar-refractivity contribution is -0.125. The topological polar surface area (TPSA) is 88.2 Å². The zero-order valence-electron chi connectivity index (χ0n) is 7.98. The van der Waals surface area contributed by atoms with Crippen molar-refractivity contribution < 1.29 is 9.90 Å². The van der Waals surface area contributed by atoms with Crippen molar-refractivity contribution in [1.82, 2.24) is 10.3 Å². The number of halogens is 1. The molecule has 0 aliphatic rings. The molecule has 0 bridgehead atoms. The van der Waals surface area contributed by atoms with Crippen LogP contribution in [0.15, 0.2) is 18.5 Å². The van der Waals surface area contributed by atoms with E-state index in [1.165, 1.54) is 6.20 Å². The molecule has 1 aromatic heterocycles. The molecule has 0 radical (unpaired) electrons. The first-order valence-corrected chi connectivity index (χ1v) is 4.75. The maximum atomic E-state index is 10.5. The number of carbonyl (C=O) groups excluding carboxylic acids is 1. The van der Waals surface area contributed by atoms with E-state index in [4.69, 9.17) is 22.4 Å². The summed E-state index contributed by atoms with van der Waals surface area (Å²) in [6.07, 6.45) is 1.97. The van der Waals surface area contributed by atoms with Crippen molar-refractivity contribution in [2.75, 3.05) is 6.54 Å². The molecule has 1 unspecified atom stereocenters. The molecule has 1 atom stereocenters. The second-order valence-corrected chi connectivity index (χ2v) is 3.42. The van der Waals surface area contributed by atoms with Gasteiger partial charge in [0, 0.05) is 25.5 Å². The highest BCUT2D eigenvalue weighted by atomic mass is 35.5. The normalized spacial score (nSPS) is 12.4. The monoisotopic (exact) mass is 229 g/mol. The molecule has 1 aromatic rings. The van der Waals surface area contributed by atoms with Crippen LogP contribution in [-0.2, 0) is 11.3 Å². The number of amides is 1. The highest BCUT2D eigenvalue weighted by Crippen LogP contribution is 2.12. The minimum Gasteiger partial charge on any atom is -0.382 e. The van der Waals surface area contributed by atoms with Gasteiger partial charge in [-0.1, -0.05) is 11.6 Å². The average Bonchev–Trinajstić information content (AvgIpc) is 2.20. The zero-order valence-corrected chi connectivity index (χ0v) is 8.74. The van der Waals surface area contributed by atoms with Crippen LogP contribution >= 0.6 is 11.6 Å². The predicted molar refractivity (Wildman–Crippen MR) is 56.2 cm³/mol. The number of hydrogen-bond donors (Lipinski definition) is 3. The fraction of sp³-hybridized carbons (Fsp3) is 0.333. The van der Waals surface area contributed by atoms with Gasteiger partial charge in [0.1, 0.15) is 6.10 Å². The first-order valence-electron chi connectivity index (χ1n) is 4.37. The SMILES string of the molecule is NC(=O)C(O)CNCc1ccncc1Cl. The van der Waals surface area contributed by atoms with Gasteiger partial charge < -0.3 is 16.2 Å².